The largest absolute Gasteiger partial charge is 0.489 e. The first-order valence-electron chi connectivity index (χ1n) is 6.00. The van der Waals surface area contributed by atoms with E-state index in [1.165, 1.54) is 12.1 Å². The van der Waals surface area contributed by atoms with Crippen LogP contribution in [0, 0.1) is 5.82 Å². The Morgan fingerprint density at radius 3 is 2.83 bits per heavy atom. The van der Waals surface area contributed by atoms with Gasteiger partial charge in [-0.25, -0.2) is 4.39 Å². The zero-order chi connectivity index (χ0) is 13.4. The molecule has 0 aromatic heterocycles. The van der Waals surface area contributed by atoms with E-state index in [4.69, 9.17) is 4.74 Å². The van der Waals surface area contributed by atoms with Crippen LogP contribution in [-0.4, -0.2) is 32.7 Å². The fraction of sp³-hybridized carbons (Fsp3) is 0.462. The molecule has 2 N–H and O–H groups in total. The Labute approximate surface area is 107 Å². The van der Waals surface area contributed by atoms with Gasteiger partial charge in [0.25, 0.3) is 0 Å². The van der Waals surface area contributed by atoms with Gasteiger partial charge in [-0.15, -0.1) is 0 Å². The van der Waals surface area contributed by atoms with E-state index < -0.39 is 0 Å². The third-order valence-corrected chi connectivity index (χ3v) is 2.51. The summed E-state index contributed by atoms with van der Waals surface area (Å²) in [6, 6.07) is 6.17. The molecule has 0 bridgehead atoms. The third kappa shape index (κ3) is 4.61. The van der Waals surface area contributed by atoms with Crippen molar-refractivity contribution in [3.05, 3.63) is 30.1 Å². The second-order valence-electron chi connectivity index (χ2n) is 3.81. The van der Waals surface area contributed by atoms with E-state index in [1.54, 1.807) is 26.2 Å². The first-order chi connectivity index (χ1) is 8.69. The summed E-state index contributed by atoms with van der Waals surface area (Å²) < 4.78 is 18.7. The van der Waals surface area contributed by atoms with Crippen LogP contribution in [0.25, 0.3) is 0 Å². The standard InChI is InChI=1S/C13H20FN3O/c1-4-11(9-17-13(15-2)16-3)18-12-7-5-6-10(14)8-12/h5-8,11H,4,9H2,1-3H3,(H2,15,16,17). The van der Waals surface area contributed by atoms with Gasteiger partial charge in [-0.3, -0.25) is 4.99 Å². The van der Waals surface area contributed by atoms with Crippen LogP contribution in [0.2, 0.25) is 0 Å². The molecule has 0 radical (unpaired) electrons. The maximum Gasteiger partial charge on any atom is 0.190 e. The summed E-state index contributed by atoms with van der Waals surface area (Å²) in [5.74, 6) is 0.959. The highest BCUT2D eigenvalue weighted by Crippen LogP contribution is 2.14. The molecule has 100 valence electrons. The second-order valence-corrected chi connectivity index (χ2v) is 3.81. The number of aliphatic imine (C=N–C) groups is 1. The topological polar surface area (TPSA) is 45.7 Å². The number of hydrogen-bond donors (Lipinski definition) is 2. The van der Waals surface area contributed by atoms with Gasteiger partial charge in [-0.2, -0.15) is 0 Å². The van der Waals surface area contributed by atoms with Gasteiger partial charge in [0, 0.05) is 20.2 Å². The molecule has 1 rings (SSSR count). The van der Waals surface area contributed by atoms with Gasteiger partial charge in [0.05, 0.1) is 6.54 Å². The third-order valence-electron chi connectivity index (χ3n) is 2.51. The second kappa shape index (κ2) is 7.53. The van der Waals surface area contributed by atoms with E-state index in [0.29, 0.717) is 18.3 Å². The first-order valence-corrected chi connectivity index (χ1v) is 6.00. The lowest BCUT2D eigenvalue weighted by molar-refractivity contribution is 0.199. The first kappa shape index (κ1) is 14.3. The number of guanidine groups is 1. The minimum absolute atomic E-state index is 0.0306. The molecule has 0 aliphatic carbocycles. The fourth-order valence-corrected chi connectivity index (χ4v) is 1.49. The molecule has 5 heteroatoms. The van der Waals surface area contributed by atoms with Gasteiger partial charge in [0.2, 0.25) is 0 Å². The number of nitrogens with zero attached hydrogens (tertiary/aromatic N) is 1. The number of hydrogen-bond acceptors (Lipinski definition) is 2. The van der Waals surface area contributed by atoms with Crippen molar-refractivity contribution in [1.29, 1.82) is 0 Å². The molecule has 1 aromatic carbocycles. The average Bonchev–Trinajstić information content (AvgIpc) is 2.38. The van der Waals surface area contributed by atoms with Crippen molar-refractivity contribution in [2.75, 3.05) is 20.6 Å². The summed E-state index contributed by atoms with van der Waals surface area (Å²) in [6.07, 6.45) is 0.793. The van der Waals surface area contributed by atoms with E-state index in [1.807, 2.05) is 6.92 Å². The Balaban J connectivity index is 2.52. The highest BCUT2D eigenvalue weighted by Gasteiger charge is 2.09. The number of ether oxygens (including phenoxy) is 1. The summed E-state index contributed by atoms with van der Waals surface area (Å²) in [6.45, 7) is 2.63. The predicted molar refractivity (Wildman–Crippen MR) is 71.5 cm³/mol. The maximum atomic E-state index is 13.0. The molecule has 18 heavy (non-hydrogen) atoms. The molecule has 0 heterocycles. The summed E-state index contributed by atoms with van der Waals surface area (Å²) in [5, 5.41) is 6.05. The monoisotopic (exact) mass is 253 g/mol. The highest BCUT2D eigenvalue weighted by atomic mass is 19.1. The smallest absolute Gasteiger partial charge is 0.190 e. The van der Waals surface area contributed by atoms with Crippen LogP contribution in [0.1, 0.15) is 13.3 Å². The van der Waals surface area contributed by atoms with E-state index in [-0.39, 0.29) is 11.9 Å². The lowest BCUT2D eigenvalue weighted by atomic mass is 10.2. The van der Waals surface area contributed by atoms with Crippen molar-refractivity contribution in [1.82, 2.24) is 10.6 Å². The summed E-state index contributed by atoms with van der Waals surface area (Å²) >= 11 is 0. The van der Waals surface area contributed by atoms with Crippen molar-refractivity contribution in [3.63, 3.8) is 0 Å². The van der Waals surface area contributed by atoms with Crippen LogP contribution in [-0.2, 0) is 0 Å². The van der Waals surface area contributed by atoms with Gasteiger partial charge < -0.3 is 15.4 Å². The van der Waals surface area contributed by atoms with Crippen LogP contribution in [0.3, 0.4) is 0 Å². The van der Waals surface area contributed by atoms with Crippen LogP contribution < -0.4 is 15.4 Å². The molecule has 1 unspecified atom stereocenters. The molecular weight excluding hydrogens is 233 g/mol. The molecule has 1 atom stereocenters. The van der Waals surface area contributed by atoms with Crippen molar-refractivity contribution < 1.29 is 9.13 Å². The van der Waals surface area contributed by atoms with Gasteiger partial charge in [-0.05, 0) is 18.6 Å². The van der Waals surface area contributed by atoms with E-state index in [9.17, 15) is 4.39 Å². The fourth-order valence-electron chi connectivity index (χ4n) is 1.49. The molecule has 0 fully saturated rings. The zero-order valence-electron chi connectivity index (χ0n) is 11.0. The van der Waals surface area contributed by atoms with E-state index in [0.717, 1.165) is 6.42 Å². The number of rotatable bonds is 5. The molecule has 0 amide bonds. The summed E-state index contributed by atoms with van der Waals surface area (Å²) in [5.41, 5.74) is 0. The van der Waals surface area contributed by atoms with Crippen molar-refractivity contribution in [3.8, 4) is 5.75 Å². The normalized spacial score (nSPS) is 13.0. The Morgan fingerprint density at radius 2 is 2.28 bits per heavy atom. The van der Waals surface area contributed by atoms with Crippen molar-refractivity contribution in [2.24, 2.45) is 4.99 Å². The molecular formula is C13H20FN3O. The Kier molecular flexibility index (Phi) is 5.97. The zero-order valence-corrected chi connectivity index (χ0v) is 11.0. The van der Waals surface area contributed by atoms with Gasteiger partial charge >= 0.3 is 0 Å². The minimum Gasteiger partial charge on any atom is -0.489 e. The molecule has 1 aromatic rings. The van der Waals surface area contributed by atoms with Gasteiger partial charge in [0.15, 0.2) is 5.96 Å². The summed E-state index contributed by atoms with van der Waals surface area (Å²) in [7, 11) is 3.50. The predicted octanol–water partition coefficient (Wildman–Crippen LogP) is 1.78. The number of nitrogens with one attached hydrogen (secondary N) is 2. The quantitative estimate of drug-likeness (QED) is 0.621. The molecule has 0 spiro atoms. The van der Waals surface area contributed by atoms with E-state index in [2.05, 4.69) is 15.6 Å². The van der Waals surface area contributed by atoms with E-state index >= 15 is 0 Å². The SMILES string of the molecule is CCC(CNC(=NC)NC)Oc1cccc(F)c1. The molecule has 4 nitrogen and oxygen atoms in total. The number of halogens is 1. The van der Waals surface area contributed by atoms with Crippen molar-refractivity contribution in [2.45, 2.75) is 19.4 Å². The Bertz CT molecular complexity index is 396. The molecule has 0 aliphatic heterocycles. The van der Waals surface area contributed by atoms with Crippen LogP contribution in [0.15, 0.2) is 29.3 Å². The van der Waals surface area contributed by atoms with Crippen LogP contribution in [0.4, 0.5) is 4.39 Å². The molecule has 0 saturated carbocycles. The number of benzene rings is 1. The van der Waals surface area contributed by atoms with Crippen LogP contribution in [0.5, 0.6) is 5.75 Å². The Hall–Kier alpha value is -1.78. The highest BCUT2D eigenvalue weighted by molar-refractivity contribution is 5.79. The molecule has 0 aliphatic rings. The lowest BCUT2D eigenvalue weighted by Gasteiger charge is -2.19. The Morgan fingerprint density at radius 1 is 1.50 bits per heavy atom. The molecule has 0 saturated heterocycles. The lowest BCUT2D eigenvalue weighted by Crippen LogP contribution is -2.40. The van der Waals surface area contributed by atoms with Gasteiger partial charge in [-0.1, -0.05) is 13.0 Å². The van der Waals surface area contributed by atoms with Crippen molar-refractivity contribution >= 4 is 5.96 Å². The maximum absolute atomic E-state index is 13.0. The summed E-state index contributed by atoms with van der Waals surface area (Å²) in [4.78, 5) is 4.01. The van der Waals surface area contributed by atoms with Crippen LogP contribution >= 0.6 is 0 Å². The van der Waals surface area contributed by atoms with Gasteiger partial charge in [0.1, 0.15) is 17.7 Å². The minimum atomic E-state index is -0.290. The average molecular weight is 253 g/mol.